The van der Waals surface area contributed by atoms with Gasteiger partial charge in [0.05, 0.1) is 11.0 Å². The number of hydrogen-bond donors (Lipinski definition) is 1. The summed E-state index contributed by atoms with van der Waals surface area (Å²) >= 11 is 6.02. The Balaban J connectivity index is 2.37. The Morgan fingerprint density at radius 2 is 2.14 bits per heavy atom. The number of halogens is 1. The summed E-state index contributed by atoms with van der Waals surface area (Å²) in [6.07, 6.45) is 0.761. The highest BCUT2D eigenvalue weighted by molar-refractivity contribution is 7.89. The number of benzene rings is 1. The molecule has 8 heteroatoms. The van der Waals surface area contributed by atoms with E-state index >= 15 is 0 Å². The molecule has 1 unspecified atom stereocenters. The molecule has 1 fully saturated rings. The monoisotopic (exact) mass is 332 g/mol. The van der Waals surface area contributed by atoms with Gasteiger partial charge in [0, 0.05) is 30.8 Å². The summed E-state index contributed by atoms with van der Waals surface area (Å²) in [5.41, 5.74) is 0.554. The normalized spacial score (nSPS) is 19.0. The Hall–Kier alpha value is -1.15. The van der Waals surface area contributed by atoms with E-state index in [2.05, 4.69) is 0 Å². The van der Waals surface area contributed by atoms with Crippen molar-refractivity contribution >= 4 is 27.5 Å². The minimum Gasteiger partial charge on any atom is -0.380 e. The van der Waals surface area contributed by atoms with Crippen molar-refractivity contribution in [3.8, 4) is 0 Å². The van der Waals surface area contributed by atoms with Crippen LogP contribution < -0.4 is 5.14 Å². The molecule has 0 aliphatic carbocycles. The summed E-state index contributed by atoms with van der Waals surface area (Å²) < 4.78 is 28.4. The lowest BCUT2D eigenvalue weighted by atomic mass is 10.1. The van der Waals surface area contributed by atoms with Gasteiger partial charge < -0.3 is 9.64 Å². The number of nitrogens with zero attached hydrogens (tertiary/aromatic N) is 1. The minimum absolute atomic E-state index is 0.00702. The maximum absolute atomic E-state index is 12.4. The number of hydrogen-bond acceptors (Lipinski definition) is 4. The van der Waals surface area contributed by atoms with Crippen molar-refractivity contribution in [2.24, 2.45) is 5.14 Å². The van der Waals surface area contributed by atoms with E-state index in [1.165, 1.54) is 12.1 Å². The van der Waals surface area contributed by atoms with E-state index in [4.69, 9.17) is 21.5 Å². The molecule has 0 aromatic heterocycles. The molecule has 0 radical (unpaired) electrons. The predicted octanol–water partition coefficient (Wildman–Crippen LogP) is 1.16. The summed E-state index contributed by atoms with van der Waals surface area (Å²) in [4.78, 5) is 13.9. The van der Waals surface area contributed by atoms with Crippen molar-refractivity contribution in [3.05, 3.63) is 28.3 Å². The summed E-state index contributed by atoms with van der Waals surface area (Å²) in [5, 5.41) is 5.36. The van der Waals surface area contributed by atoms with Crippen molar-refractivity contribution in [3.63, 3.8) is 0 Å². The van der Waals surface area contributed by atoms with Gasteiger partial charge in [0.2, 0.25) is 10.0 Å². The average molecular weight is 333 g/mol. The first-order chi connectivity index (χ1) is 9.74. The molecule has 116 valence electrons. The predicted molar refractivity (Wildman–Crippen MR) is 78.9 cm³/mol. The van der Waals surface area contributed by atoms with Crippen molar-refractivity contribution in [2.75, 3.05) is 20.2 Å². The van der Waals surface area contributed by atoms with Crippen LogP contribution >= 0.6 is 11.6 Å². The standard InChI is InChI=1S/C13H17ClN2O4S/c1-8-11(14)5-9(6-12(8)21(15,18)19)13(17)16-4-3-10(7-16)20-2/h5-6,10H,3-4,7H2,1-2H3,(H2,15,18,19). The number of sulfonamides is 1. The first kappa shape index (κ1) is 16.2. The van der Waals surface area contributed by atoms with Crippen LogP contribution in [0, 0.1) is 6.92 Å². The fourth-order valence-electron chi connectivity index (χ4n) is 2.36. The summed E-state index contributed by atoms with van der Waals surface area (Å²) in [6, 6.07) is 2.74. The molecular formula is C13H17ClN2O4S. The largest absolute Gasteiger partial charge is 0.380 e. The van der Waals surface area contributed by atoms with E-state index < -0.39 is 10.0 Å². The lowest BCUT2D eigenvalue weighted by molar-refractivity contribution is 0.0724. The Bertz CT molecular complexity index is 675. The van der Waals surface area contributed by atoms with E-state index in [0.717, 1.165) is 6.42 Å². The Morgan fingerprint density at radius 1 is 1.48 bits per heavy atom. The highest BCUT2D eigenvalue weighted by Gasteiger charge is 2.28. The zero-order valence-electron chi connectivity index (χ0n) is 11.8. The van der Waals surface area contributed by atoms with Gasteiger partial charge in [-0.05, 0) is 31.0 Å². The first-order valence-electron chi connectivity index (χ1n) is 6.39. The summed E-state index contributed by atoms with van der Waals surface area (Å²) in [7, 11) is -2.33. The second-order valence-electron chi connectivity index (χ2n) is 5.02. The van der Waals surface area contributed by atoms with Crippen LogP contribution in [0.4, 0.5) is 0 Å². The molecule has 1 aliphatic heterocycles. The van der Waals surface area contributed by atoms with Crippen LogP contribution in [0.25, 0.3) is 0 Å². The zero-order valence-corrected chi connectivity index (χ0v) is 13.4. The Morgan fingerprint density at radius 3 is 2.67 bits per heavy atom. The molecule has 1 aliphatic rings. The number of ether oxygens (including phenoxy) is 1. The Labute approximate surface area is 128 Å². The number of nitrogens with two attached hydrogens (primary N) is 1. The third-order valence-corrected chi connectivity index (χ3v) is 5.05. The molecule has 1 saturated heterocycles. The van der Waals surface area contributed by atoms with Gasteiger partial charge in [-0.1, -0.05) is 11.6 Å². The van der Waals surface area contributed by atoms with Crippen LogP contribution in [-0.4, -0.2) is 45.5 Å². The molecular weight excluding hydrogens is 316 g/mol. The fourth-order valence-corrected chi connectivity index (χ4v) is 3.46. The van der Waals surface area contributed by atoms with Crippen LogP contribution in [0.1, 0.15) is 22.3 Å². The van der Waals surface area contributed by atoms with Gasteiger partial charge in [0.15, 0.2) is 0 Å². The number of carbonyl (C=O) groups excluding carboxylic acids is 1. The van der Waals surface area contributed by atoms with E-state index in [1.54, 1.807) is 18.9 Å². The highest BCUT2D eigenvalue weighted by Crippen LogP contribution is 2.26. The summed E-state index contributed by atoms with van der Waals surface area (Å²) in [5.74, 6) is -0.277. The van der Waals surface area contributed by atoms with E-state index in [9.17, 15) is 13.2 Å². The van der Waals surface area contributed by atoms with E-state index in [1.807, 2.05) is 0 Å². The molecule has 1 heterocycles. The number of primary sulfonamides is 1. The van der Waals surface area contributed by atoms with Crippen LogP contribution in [0.5, 0.6) is 0 Å². The Kier molecular flexibility index (Phi) is 4.57. The highest BCUT2D eigenvalue weighted by atomic mass is 35.5. The van der Waals surface area contributed by atoms with Crippen molar-refractivity contribution in [1.29, 1.82) is 0 Å². The molecule has 0 bridgehead atoms. The number of carbonyl (C=O) groups is 1. The fraction of sp³-hybridized carbons (Fsp3) is 0.462. The molecule has 6 nitrogen and oxygen atoms in total. The molecule has 2 N–H and O–H groups in total. The maximum atomic E-state index is 12.4. The number of methoxy groups -OCH3 is 1. The van der Waals surface area contributed by atoms with Crippen molar-refractivity contribution < 1.29 is 17.9 Å². The number of amides is 1. The van der Waals surface area contributed by atoms with Crippen LogP contribution in [0.2, 0.25) is 5.02 Å². The summed E-state index contributed by atoms with van der Waals surface area (Å²) in [6.45, 7) is 2.59. The van der Waals surface area contributed by atoms with Crippen LogP contribution in [0.3, 0.4) is 0 Å². The van der Waals surface area contributed by atoms with Gasteiger partial charge in [-0.2, -0.15) is 0 Å². The third-order valence-electron chi connectivity index (χ3n) is 3.62. The third kappa shape index (κ3) is 3.37. The molecule has 1 atom stereocenters. The molecule has 2 rings (SSSR count). The van der Waals surface area contributed by atoms with Crippen molar-refractivity contribution in [2.45, 2.75) is 24.3 Å². The second kappa shape index (κ2) is 5.92. The van der Waals surface area contributed by atoms with Crippen LogP contribution in [0.15, 0.2) is 17.0 Å². The van der Waals surface area contributed by atoms with Gasteiger partial charge in [0.1, 0.15) is 0 Å². The molecule has 0 saturated carbocycles. The molecule has 1 aromatic carbocycles. The van der Waals surface area contributed by atoms with E-state index in [-0.39, 0.29) is 27.5 Å². The smallest absolute Gasteiger partial charge is 0.254 e. The van der Waals surface area contributed by atoms with E-state index in [0.29, 0.717) is 18.7 Å². The zero-order chi connectivity index (χ0) is 15.8. The average Bonchev–Trinajstić information content (AvgIpc) is 2.88. The lowest BCUT2D eigenvalue weighted by Crippen LogP contribution is -2.30. The SMILES string of the molecule is COC1CCN(C(=O)c2cc(Cl)c(C)c(S(N)(=O)=O)c2)C1. The molecule has 1 amide bonds. The number of rotatable bonds is 3. The van der Waals surface area contributed by atoms with Gasteiger partial charge >= 0.3 is 0 Å². The van der Waals surface area contributed by atoms with Crippen LogP contribution in [-0.2, 0) is 14.8 Å². The molecule has 21 heavy (non-hydrogen) atoms. The molecule has 0 spiro atoms. The topological polar surface area (TPSA) is 89.7 Å². The lowest BCUT2D eigenvalue weighted by Gasteiger charge is -2.17. The quantitative estimate of drug-likeness (QED) is 0.899. The minimum atomic E-state index is -3.93. The van der Waals surface area contributed by atoms with Gasteiger partial charge in [-0.15, -0.1) is 0 Å². The molecule has 1 aromatic rings. The second-order valence-corrected chi connectivity index (χ2v) is 6.96. The maximum Gasteiger partial charge on any atom is 0.254 e. The van der Waals surface area contributed by atoms with Gasteiger partial charge in [-0.3, -0.25) is 4.79 Å². The first-order valence-corrected chi connectivity index (χ1v) is 8.31. The van der Waals surface area contributed by atoms with Crippen molar-refractivity contribution in [1.82, 2.24) is 4.90 Å². The van der Waals surface area contributed by atoms with Gasteiger partial charge in [-0.25, -0.2) is 13.6 Å². The number of likely N-dealkylation sites (tertiary alicyclic amines) is 1. The van der Waals surface area contributed by atoms with Gasteiger partial charge in [0.25, 0.3) is 5.91 Å².